The Hall–Kier alpha value is -6.44. The van der Waals surface area contributed by atoms with Gasteiger partial charge in [-0.15, -0.1) is 0 Å². The molecule has 1 nitrogen and oxygen atoms in total. The highest BCUT2D eigenvalue weighted by Crippen LogP contribution is 2.45. The summed E-state index contributed by atoms with van der Waals surface area (Å²) < 4.78 is 6.56. The fourth-order valence-electron chi connectivity index (χ4n) is 7.82. The fourth-order valence-corrected chi connectivity index (χ4v) is 7.82. The molecule has 0 spiro atoms. The van der Waals surface area contributed by atoms with Crippen LogP contribution in [0.15, 0.2) is 186 Å². The summed E-state index contributed by atoms with van der Waals surface area (Å²) >= 11 is 0. The van der Waals surface area contributed by atoms with Crippen molar-refractivity contribution in [3.05, 3.63) is 182 Å². The lowest BCUT2D eigenvalue weighted by atomic mass is 9.85. The van der Waals surface area contributed by atoms with Gasteiger partial charge in [0.25, 0.3) is 0 Å². The number of hydrogen-bond acceptors (Lipinski definition) is 1. The second kappa shape index (κ2) is 11.1. The Balaban J connectivity index is 1.16. The van der Waals surface area contributed by atoms with Gasteiger partial charge in [0.2, 0.25) is 0 Å². The topological polar surface area (TPSA) is 13.1 Å². The van der Waals surface area contributed by atoms with Crippen molar-refractivity contribution < 1.29 is 4.42 Å². The van der Waals surface area contributed by atoms with Crippen molar-refractivity contribution >= 4 is 54.3 Å². The van der Waals surface area contributed by atoms with Gasteiger partial charge in [-0.25, -0.2) is 0 Å². The fraction of sp³-hybridized carbons (Fsp3) is 0. The smallest absolute Gasteiger partial charge is 0.143 e. The van der Waals surface area contributed by atoms with Crippen molar-refractivity contribution in [2.45, 2.75) is 0 Å². The molecule has 0 N–H and O–H groups in total. The summed E-state index contributed by atoms with van der Waals surface area (Å²) in [5.41, 5.74) is 11.5. The van der Waals surface area contributed by atoms with Crippen LogP contribution in [0.5, 0.6) is 0 Å². The number of furan rings is 1. The number of rotatable bonds is 4. The molecule has 0 saturated carbocycles. The van der Waals surface area contributed by atoms with Gasteiger partial charge in [0.05, 0.1) is 0 Å². The molecule has 0 amide bonds. The van der Waals surface area contributed by atoms with E-state index in [1.54, 1.807) is 0 Å². The maximum Gasteiger partial charge on any atom is 0.143 e. The third kappa shape index (κ3) is 4.40. The summed E-state index contributed by atoms with van der Waals surface area (Å²) in [4.78, 5) is 0. The summed E-state index contributed by atoms with van der Waals surface area (Å²) in [6.07, 6.45) is 0. The average Bonchev–Trinajstić information content (AvgIpc) is 3.54. The van der Waals surface area contributed by atoms with Gasteiger partial charge in [-0.2, -0.15) is 0 Å². The molecule has 0 atom stereocenters. The first-order valence-electron chi connectivity index (χ1n) is 16.8. The van der Waals surface area contributed by atoms with Crippen LogP contribution in [0.2, 0.25) is 0 Å². The molecule has 0 aliphatic carbocycles. The van der Waals surface area contributed by atoms with E-state index < -0.39 is 0 Å². The summed E-state index contributed by atoms with van der Waals surface area (Å²) in [7, 11) is 0. The van der Waals surface area contributed by atoms with Crippen LogP contribution < -0.4 is 0 Å². The van der Waals surface area contributed by atoms with Crippen LogP contribution in [0, 0.1) is 0 Å². The molecule has 0 bridgehead atoms. The van der Waals surface area contributed by atoms with Gasteiger partial charge in [-0.3, -0.25) is 0 Å². The van der Waals surface area contributed by atoms with E-state index in [9.17, 15) is 0 Å². The van der Waals surface area contributed by atoms with E-state index in [2.05, 4.69) is 176 Å². The molecule has 1 heterocycles. The summed E-state index contributed by atoms with van der Waals surface area (Å²) in [6, 6.07) is 65.7. The van der Waals surface area contributed by atoms with Crippen molar-refractivity contribution in [1.82, 2.24) is 0 Å². The van der Waals surface area contributed by atoms with Crippen molar-refractivity contribution in [2.24, 2.45) is 0 Å². The lowest BCUT2D eigenvalue weighted by Gasteiger charge is -2.18. The zero-order chi connectivity index (χ0) is 32.3. The maximum atomic E-state index is 6.56. The van der Waals surface area contributed by atoms with E-state index in [1.807, 2.05) is 6.07 Å². The third-order valence-electron chi connectivity index (χ3n) is 10.1. The molecule has 0 saturated heterocycles. The van der Waals surface area contributed by atoms with Crippen LogP contribution in [0.4, 0.5) is 0 Å². The first kappa shape index (κ1) is 27.7. The lowest BCUT2D eigenvalue weighted by molar-refractivity contribution is 0.670. The molecule has 228 valence electrons. The van der Waals surface area contributed by atoms with Gasteiger partial charge in [-0.05, 0) is 83.4 Å². The molecule has 10 aromatic rings. The van der Waals surface area contributed by atoms with Gasteiger partial charge in [0.15, 0.2) is 0 Å². The van der Waals surface area contributed by atoms with E-state index in [0.29, 0.717) is 0 Å². The van der Waals surface area contributed by atoms with Crippen LogP contribution in [0.3, 0.4) is 0 Å². The predicted molar refractivity (Wildman–Crippen MR) is 208 cm³/mol. The molecular formula is C48H30O. The SMILES string of the molecule is c1ccc(-c2ccc(-c3c4ccccc4c(-c4ccc(-c5c6ccccc6cc6c5oc5ccccc56)cc4)c4ccccc34)cc2)cc1. The van der Waals surface area contributed by atoms with Gasteiger partial charge >= 0.3 is 0 Å². The highest BCUT2D eigenvalue weighted by molar-refractivity contribution is 6.22. The summed E-state index contributed by atoms with van der Waals surface area (Å²) in [6.45, 7) is 0. The molecule has 1 aromatic heterocycles. The molecule has 49 heavy (non-hydrogen) atoms. The Bertz CT molecular complexity index is 2780. The zero-order valence-corrected chi connectivity index (χ0v) is 26.7. The van der Waals surface area contributed by atoms with Crippen LogP contribution in [-0.4, -0.2) is 0 Å². The normalized spacial score (nSPS) is 11.7. The second-order valence-corrected chi connectivity index (χ2v) is 12.8. The van der Waals surface area contributed by atoms with Crippen molar-refractivity contribution in [3.63, 3.8) is 0 Å². The largest absolute Gasteiger partial charge is 0.455 e. The molecule has 10 rings (SSSR count). The number of benzene rings is 9. The Morgan fingerprint density at radius 2 is 0.673 bits per heavy atom. The maximum absolute atomic E-state index is 6.56. The minimum absolute atomic E-state index is 0.915. The van der Waals surface area contributed by atoms with Crippen molar-refractivity contribution in [3.8, 4) is 44.5 Å². The Morgan fingerprint density at radius 1 is 0.265 bits per heavy atom. The van der Waals surface area contributed by atoms with Crippen LogP contribution in [0.1, 0.15) is 0 Å². The summed E-state index contributed by atoms with van der Waals surface area (Å²) in [5.74, 6) is 0. The van der Waals surface area contributed by atoms with Gasteiger partial charge in [0.1, 0.15) is 11.2 Å². The first-order chi connectivity index (χ1) is 24.3. The van der Waals surface area contributed by atoms with E-state index in [0.717, 1.165) is 33.1 Å². The highest BCUT2D eigenvalue weighted by atomic mass is 16.3. The van der Waals surface area contributed by atoms with Crippen LogP contribution >= 0.6 is 0 Å². The molecule has 0 aliphatic heterocycles. The minimum atomic E-state index is 0.915. The van der Waals surface area contributed by atoms with E-state index >= 15 is 0 Å². The quantitative estimate of drug-likeness (QED) is 0.178. The van der Waals surface area contributed by atoms with E-state index in [1.165, 1.54) is 65.7 Å². The van der Waals surface area contributed by atoms with Crippen molar-refractivity contribution in [1.29, 1.82) is 0 Å². The first-order valence-corrected chi connectivity index (χ1v) is 16.8. The molecule has 9 aromatic carbocycles. The van der Waals surface area contributed by atoms with Crippen LogP contribution in [0.25, 0.3) is 98.8 Å². The number of hydrogen-bond donors (Lipinski definition) is 0. The standard InChI is InChI=1S/C48H30O/c1-2-12-31(13-3-1)32-22-24-33(25-23-32)45-39-17-6-8-19-41(39)46(42-20-9-7-18-40(42)45)34-26-28-35(29-27-34)47-37-15-5-4-14-36(37)30-43-38-16-10-11-21-44(38)49-48(43)47/h1-30H. The number of para-hydroxylation sites is 1. The molecule has 0 fully saturated rings. The van der Waals surface area contributed by atoms with Crippen LogP contribution in [-0.2, 0) is 0 Å². The van der Waals surface area contributed by atoms with E-state index in [-0.39, 0.29) is 0 Å². The molecule has 0 unspecified atom stereocenters. The third-order valence-corrected chi connectivity index (χ3v) is 10.1. The molecule has 0 radical (unpaired) electrons. The van der Waals surface area contributed by atoms with E-state index in [4.69, 9.17) is 4.42 Å². The zero-order valence-electron chi connectivity index (χ0n) is 26.7. The summed E-state index contributed by atoms with van der Waals surface area (Å²) in [5, 5.41) is 9.72. The lowest BCUT2D eigenvalue weighted by Crippen LogP contribution is -1.91. The predicted octanol–water partition coefficient (Wildman–Crippen LogP) is 13.7. The highest BCUT2D eigenvalue weighted by Gasteiger charge is 2.19. The molecule has 0 aliphatic rings. The minimum Gasteiger partial charge on any atom is -0.455 e. The van der Waals surface area contributed by atoms with Gasteiger partial charge in [-0.1, -0.05) is 170 Å². The monoisotopic (exact) mass is 622 g/mol. The Kier molecular flexibility index (Phi) is 6.25. The Labute approximate surface area is 284 Å². The Morgan fingerprint density at radius 3 is 1.24 bits per heavy atom. The second-order valence-electron chi connectivity index (χ2n) is 12.8. The average molecular weight is 623 g/mol. The number of fused-ring (bicyclic) bond motifs is 6. The van der Waals surface area contributed by atoms with Gasteiger partial charge < -0.3 is 4.42 Å². The molecule has 1 heteroatoms. The van der Waals surface area contributed by atoms with Gasteiger partial charge in [0, 0.05) is 16.3 Å². The molecular weight excluding hydrogens is 593 g/mol. The van der Waals surface area contributed by atoms with Crippen molar-refractivity contribution in [2.75, 3.05) is 0 Å².